The molecule has 1 rings (SSSR count). The Bertz CT molecular complexity index is 573. The molecule has 0 aliphatic heterocycles. The van der Waals surface area contributed by atoms with Crippen LogP contribution in [-0.4, -0.2) is 51.8 Å². The van der Waals surface area contributed by atoms with Gasteiger partial charge in [0, 0.05) is 12.8 Å². The van der Waals surface area contributed by atoms with E-state index in [2.05, 4.69) is 20.8 Å². The van der Waals surface area contributed by atoms with E-state index in [1.165, 1.54) is 0 Å². The number of ether oxygens (including phenoxy) is 1. The molecule has 9 nitrogen and oxygen atoms in total. The zero-order chi connectivity index (χ0) is 18.9. The molecule has 1 aromatic rings. The van der Waals surface area contributed by atoms with Gasteiger partial charge in [-0.15, -0.1) is 0 Å². The van der Waals surface area contributed by atoms with Gasteiger partial charge < -0.3 is 4.74 Å². The average Bonchev–Trinajstić information content (AvgIpc) is 2.58. The van der Waals surface area contributed by atoms with Gasteiger partial charge in [0.15, 0.2) is 6.10 Å². The number of hydroxylamine groups is 2. The van der Waals surface area contributed by atoms with Crippen LogP contribution in [0.5, 0.6) is 0 Å². The number of rotatable bonds is 10. The SMILES string of the molecule is CCCCOC(CN(O)C=O)C(=O)NNc1nccc(C(F)(F)F)n1. The number of nitrogens with zero attached hydrogens (tertiary/aromatic N) is 3. The Hall–Kier alpha value is -2.47. The predicted molar refractivity (Wildman–Crippen MR) is 78.0 cm³/mol. The molecule has 140 valence electrons. The second-order valence-electron chi connectivity index (χ2n) is 4.82. The van der Waals surface area contributed by atoms with E-state index in [-0.39, 0.29) is 18.1 Å². The Labute approximate surface area is 141 Å². The lowest BCUT2D eigenvalue weighted by molar-refractivity contribution is -0.161. The fourth-order valence-electron chi connectivity index (χ4n) is 1.57. The van der Waals surface area contributed by atoms with E-state index in [0.717, 1.165) is 12.6 Å². The fraction of sp³-hybridized carbons (Fsp3) is 0.538. The quantitative estimate of drug-likeness (QED) is 0.245. The van der Waals surface area contributed by atoms with Crippen LogP contribution in [0.1, 0.15) is 25.5 Å². The average molecular weight is 365 g/mol. The molecule has 1 heterocycles. The molecule has 0 saturated heterocycles. The highest BCUT2D eigenvalue weighted by molar-refractivity contribution is 5.82. The summed E-state index contributed by atoms with van der Waals surface area (Å²) in [5.41, 5.74) is 3.02. The van der Waals surface area contributed by atoms with Crippen LogP contribution >= 0.6 is 0 Å². The van der Waals surface area contributed by atoms with Gasteiger partial charge in [-0.3, -0.25) is 25.6 Å². The van der Waals surface area contributed by atoms with Gasteiger partial charge >= 0.3 is 6.18 Å². The monoisotopic (exact) mass is 365 g/mol. The van der Waals surface area contributed by atoms with E-state index < -0.39 is 36.4 Å². The molecule has 3 N–H and O–H groups in total. The van der Waals surface area contributed by atoms with Crippen LogP contribution in [0.4, 0.5) is 19.1 Å². The summed E-state index contributed by atoms with van der Waals surface area (Å²) in [5.74, 6) is -1.30. The van der Waals surface area contributed by atoms with E-state index in [1.807, 2.05) is 6.92 Å². The molecule has 2 amide bonds. The molecule has 25 heavy (non-hydrogen) atoms. The number of amides is 2. The minimum atomic E-state index is -4.66. The number of aromatic nitrogens is 2. The van der Waals surface area contributed by atoms with Crippen LogP contribution < -0.4 is 10.9 Å². The summed E-state index contributed by atoms with van der Waals surface area (Å²) < 4.78 is 42.9. The fourth-order valence-corrected chi connectivity index (χ4v) is 1.57. The lowest BCUT2D eigenvalue weighted by Crippen LogP contribution is -2.45. The summed E-state index contributed by atoms with van der Waals surface area (Å²) in [5, 5.41) is 9.40. The van der Waals surface area contributed by atoms with Gasteiger partial charge in [-0.1, -0.05) is 13.3 Å². The summed E-state index contributed by atoms with van der Waals surface area (Å²) in [6.07, 6.45) is -3.49. The van der Waals surface area contributed by atoms with Crippen molar-refractivity contribution in [2.24, 2.45) is 0 Å². The van der Waals surface area contributed by atoms with Crippen molar-refractivity contribution in [1.29, 1.82) is 0 Å². The Balaban J connectivity index is 2.68. The van der Waals surface area contributed by atoms with Gasteiger partial charge in [0.2, 0.25) is 12.4 Å². The third-order valence-electron chi connectivity index (χ3n) is 2.83. The molecule has 0 saturated carbocycles. The highest BCUT2D eigenvalue weighted by Crippen LogP contribution is 2.27. The normalized spacial score (nSPS) is 12.4. The lowest BCUT2D eigenvalue weighted by Gasteiger charge is -2.20. The van der Waals surface area contributed by atoms with Crippen LogP contribution in [-0.2, 0) is 20.5 Å². The Morgan fingerprint density at radius 1 is 1.52 bits per heavy atom. The first-order valence-electron chi connectivity index (χ1n) is 7.26. The molecule has 0 spiro atoms. The lowest BCUT2D eigenvalue weighted by atomic mass is 10.3. The zero-order valence-corrected chi connectivity index (χ0v) is 13.3. The van der Waals surface area contributed by atoms with Gasteiger partial charge in [0.25, 0.3) is 5.91 Å². The molecular formula is C13H18F3N5O4. The molecule has 0 aliphatic carbocycles. The molecule has 1 unspecified atom stereocenters. The molecule has 0 aliphatic rings. The van der Waals surface area contributed by atoms with E-state index in [0.29, 0.717) is 12.5 Å². The molecule has 1 atom stereocenters. The zero-order valence-electron chi connectivity index (χ0n) is 13.3. The van der Waals surface area contributed by atoms with Crippen LogP contribution in [0.3, 0.4) is 0 Å². The summed E-state index contributed by atoms with van der Waals surface area (Å²) in [6, 6.07) is 0.678. The molecule has 0 radical (unpaired) electrons. The van der Waals surface area contributed by atoms with Crippen molar-refractivity contribution in [2.45, 2.75) is 32.0 Å². The number of anilines is 1. The Kier molecular flexibility index (Phi) is 8.01. The molecule has 0 bridgehead atoms. The minimum absolute atomic E-state index is 0.0901. The predicted octanol–water partition coefficient (Wildman–Crippen LogP) is 0.971. The second kappa shape index (κ2) is 9.74. The standard InChI is InChI=1S/C13H18F3N5O4/c1-2-3-6-25-9(7-21(24)8-22)11(23)19-20-12-17-5-4-10(18-12)13(14,15)16/h4-5,8-9,24H,2-3,6-7H2,1H3,(H,19,23)(H,17,18,20). The van der Waals surface area contributed by atoms with Gasteiger partial charge in [0.1, 0.15) is 5.69 Å². The largest absolute Gasteiger partial charge is 0.433 e. The van der Waals surface area contributed by atoms with Crippen molar-refractivity contribution in [2.75, 3.05) is 18.6 Å². The number of carbonyl (C=O) groups is 2. The first kappa shape index (κ1) is 20.6. The number of nitrogens with one attached hydrogen (secondary N) is 2. The first-order chi connectivity index (χ1) is 11.8. The maximum Gasteiger partial charge on any atom is 0.433 e. The summed E-state index contributed by atoms with van der Waals surface area (Å²) in [4.78, 5) is 29.2. The van der Waals surface area contributed by atoms with Crippen molar-refractivity contribution in [3.8, 4) is 0 Å². The highest BCUT2D eigenvalue weighted by atomic mass is 19.4. The maximum absolute atomic E-state index is 12.6. The Morgan fingerprint density at radius 3 is 2.84 bits per heavy atom. The van der Waals surface area contributed by atoms with Crippen molar-refractivity contribution in [1.82, 2.24) is 20.5 Å². The molecule has 12 heteroatoms. The van der Waals surface area contributed by atoms with Crippen molar-refractivity contribution in [3.05, 3.63) is 18.0 Å². The summed E-state index contributed by atoms with van der Waals surface area (Å²) >= 11 is 0. The summed E-state index contributed by atoms with van der Waals surface area (Å²) in [7, 11) is 0. The molecule has 1 aromatic heterocycles. The van der Waals surface area contributed by atoms with E-state index in [1.54, 1.807) is 0 Å². The molecule has 0 aromatic carbocycles. The molecular weight excluding hydrogens is 347 g/mol. The number of hydrazine groups is 1. The number of unbranched alkanes of at least 4 members (excludes halogenated alkanes) is 1. The Morgan fingerprint density at radius 2 is 2.24 bits per heavy atom. The summed E-state index contributed by atoms with van der Waals surface area (Å²) in [6.45, 7) is 1.64. The van der Waals surface area contributed by atoms with Crippen molar-refractivity contribution >= 4 is 18.3 Å². The first-order valence-corrected chi connectivity index (χ1v) is 7.26. The van der Waals surface area contributed by atoms with E-state index in [9.17, 15) is 28.0 Å². The highest BCUT2D eigenvalue weighted by Gasteiger charge is 2.32. The van der Waals surface area contributed by atoms with Gasteiger partial charge in [0.05, 0.1) is 6.54 Å². The van der Waals surface area contributed by atoms with Gasteiger partial charge in [-0.25, -0.2) is 15.0 Å². The van der Waals surface area contributed by atoms with Crippen molar-refractivity contribution in [3.63, 3.8) is 0 Å². The minimum Gasteiger partial charge on any atom is -0.366 e. The maximum atomic E-state index is 12.6. The van der Waals surface area contributed by atoms with Gasteiger partial charge in [-0.2, -0.15) is 13.2 Å². The topological polar surface area (TPSA) is 117 Å². The van der Waals surface area contributed by atoms with E-state index >= 15 is 0 Å². The smallest absolute Gasteiger partial charge is 0.366 e. The third-order valence-corrected chi connectivity index (χ3v) is 2.83. The second-order valence-corrected chi connectivity index (χ2v) is 4.82. The number of carbonyl (C=O) groups excluding carboxylic acids is 2. The number of hydrogen-bond donors (Lipinski definition) is 3. The van der Waals surface area contributed by atoms with Crippen LogP contribution in [0.15, 0.2) is 12.3 Å². The van der Waals surface area contributed by atoms with Crippen molar-refractivity contribution < 1.29 is 32.7 Å². The van der Waals surface area contributed by atoms with E-state index in [4.69, 9.17) is 4.74 Å². The van der Waals surface area contributed by atoms with Gasteiger partial charge in [-0.05, 0) is 12.5 Å². The van der Waals surface area contributed by atoms with Crippen LogP contribution in [0.25, 0.3) is 0 Å². The number of hydrogen-bond acceptors (Lipinski definition) is 7. The molecule has 0 fully saturated rings. The third kappa shape index (κ3) is 7.30. The van der Waals surface area contributed by atoms with Crippen LogP contribution in [0, 0.1) is 0 Å². The number of alkyl halides is 3. The number of halogens is 3. The van der Waals surface area contributed by atoms with Crippen LogP contribution in [0.2, 0.25) is 0 Å².